The molecule has 1 N–H and O–H groups in total. The number of amides is 1. The van der Waals surface area contributed by atoms with Gasteiger partial charge in [0, 0.05) is 20.1 Å². The van der Waals surface area contributed by atoms with E-state index in [1.807, 2.05) is 0 Å². The molecule has 164 valence electrons. The van der Waals surface area contributed by atoms with Crippen molar-refractivity contribution in [1.29, 1.82) is 0 Å². The molecule has 0 saturated heterocycles. The first-order valence-corrected chi connectivity index (χ1v) is 11.2. The van der Waals surface area contributed by atoms with Crippen LogP contribution in [0.15, 0.2) is 65.1 Å². The summed E-state index contributed by atoms with van der Waals surface area (Å²) in [7, 11) is 1.46. The van der Waals surface area contributed by atoms with Crippen LogP contribution in [0.25, 0.3) is 0 Å². The Morgan fingerprint density at radius 2 is 1.88 bits per heavy atom. The standard InChI is InChI=1S/C24H18BrCl2NO4/c1-32-22-5-3-2-4-17(22)21(29)12-24(31)18-10-15(25)7-9-20(18)28(23(24)30)13-14-6-8-16(26)11-19(14)27/h2-11,31H,12-13H2,1H3. The van der Waals surface area contributed by atoms with Crippen molar-refractivity contribution >= 4 is 56.5 Å². The number of anilines is 1. The zero-order chi connectivity index (χ0) is 23.0. The van der Waals surface area contributed by atoms with Gasteiger partial charge in [0.25, 0.3) is 5.91 Å². The van der Waals surface area contributed by atoms with E-state index in [0.29, 0.717) is 42.6 Å². The molecule has 3 aromatic rings. The van der Waals surface area contributed by atoms with E-state index in [4.69, 9.17) is 27.9 Å². The van der Waals surface area contributed by atoms with E-state index < -0.39 is 23.7 Å². The van der Waals surface area contributed by atoms with Crippen LogP contribution in [-0.4, -0.2) is 23.9 Å². The van der Waals surface area contributed by atoms with Crippen LogP contribution in [0.2, 0.25) is 10.0 Å². The minimum absolute atomic E-state index is 0.120. The molecule has 8 heteroatoms. The van der Waals surface area contributed by atoms with E-state index in [1.165, 1.54) is 12.0 Å². The number of rotatable bonds is 6. The van der Waals surface area contributed by atoms with Gasteiger partial charge in [-0.1, -0.05) is 57.3 Å². The highest BCUT2D eigenvalue weighted by atomic mass is 79.9. The third-order valence-electron chi connectivity index (χ3n) is 5.46. The van der Waals surface area contributed by atoms with Gasteiger partial charge in [-0.25, -0.2) is 0 Å². The Labute approximate surface area is 203 Å². The van der Waals surface area contributed by atoms with Gasteiger partial charge in [-0.2, -0.15) is 0 Å². The number of para-hydroxylation sites is 1. The van der Waals surface area contributed by atoms with Gasteiger partial charge >= 0.3 is 0 Å². The Hall–Kier alpha value is -2.38. The SMILES string of the molecule is COc1ccccc1C(=O)CC1(O)C(=O)N(Cc2ccc(Cl)cc2Cl)c2ccc(Br)cc21. The molecule has 1 aliphatic heterocycles. The number of halogens is 3. The first kappa shape index (κ1) is 22.8. The average molecular weight is 535 g/mol. The minimum atomic E-state index is -2.03. The molecule has 32 heavy (non-hydrogen) atoms. The summed E-state index contributed by atoms with van der Waals surface area (Å²) in [6.07, 6.45) is -0.430. The predicted molar refractivity (Wildman–Crippen MR) is 128 cm³/mol. The fraction of sp³-hybridized carbons (Fsp3) is 0.167. The maximum absolute atomic E-state index is 13.5. The molecule has 0 bridgehead atoms. The number of carbonyl (C=O) groups excluding carboxylic acids is 2. The number of hydrogen-bond acceptors (Lipinski definition) is 4. The van der Waals surface area contributed by atoms with Crippen molar-refractivity contribution < 1.29 is 19.4 Å². The van der Waals surface area contributed by atoms with E-state index in [-0.39, 0.29) is 6.54 Å². The Morgan fingerprint density at radius 3 is 2.59 bits per heavy atom. The Kier molecular flexibility index (Phi) is 6.32. The number of fused-ring (bicyclic) bond motifs is 1. The topological polar surface area (TPSA) is 66.8 Å². The molecule has 5 nitrogen and oxygen atoms in total. The van der Waals surface area contributed by atoms with E-state index >= 15 is 0 Å². The Balaban J connectivity index is 1.73. The van der Waals surface area contributed by atoms with Crippen LogP contribution >= 0.6 is 39.1 Å². The molecule has 0 spiro atoms. The summed E-state index contributed by atoms with van der Waals surface area (Å²) < 4.78 is 5.95. The second-order valence-electron chi connectivity index (χ2n) is 7.45. The van der Waals surface area contributed by atoms with Gasteiger partial charge < -0.3 is 14.7 Å². The van der Waals surface area contributed by atoms with Crippen LogP contribution < -0.4 is 9.64 Å². The molecule has 0 aliphatic carbocycles. The van der Waals surface area contributed by atoms with Gasteiger partial charge in [-0.15, -0.1) is 0 Å². The highest BCUT2D eigenvalue weighted by molar-refractivity contribution is 9.10. The van der Waals surface area contributed by atoms with Gasteiger partial charge in [-0.05, 0) is 48.0 Å². The van der Waals surface area contributed by atoms with Crippen LogP contribution in [0.5, 0.6) is 5.75 Å². The molecule has 1 amide bonds. The third-order valence-corrected chi connectivity index (χ3v) is 6.54. The predicted octanol–water partition coefficient (Wildman–Crippen LogP) is 5.77. The second-order valence-corrected chi connectivity index (χ2v) is 9.21. The van der Waals surface area contributed by atoms with E-state index in [9.17, 15) is 14.7 Å². The molecule has 3 aromatic carbocycles. The maximum Gasteiger partial charge on any atom is 0.264 e. The molecule has 0 fully saturated rings. The molecular formula is C24H18BrCl2NO4. The molecule has 0 aromatic heterocycles. The monoisotopic (exact) mass is 533 g/mol. The Morgan fingerprint density at radius 1 is 1.12 bits per heavy atom. The van der Waals surface area contributed by atoms with Crippen molar-refractivity contribution in [2.24, 2.45) is 0 Å². The largest absolute Gasteiger partial charge is 0.496 e. The summed E-state index contributed by atoms with van der Waals surface area (Å²) in [5.41, 5.74) is -0.203. The van der Waals surface area contributed by atoms with Crippen LogP contribution in [0.3, 0.4) is 0 Å². The van der Waals surface area contributed by atoms with Gasteiger partial charge in [0.2, 0.25) is 0 Å². The molecule has 4 rings (SSSR count). The summed E-state index contributed by atoms with van der Waals surface area (Å²) in [5, 5.41) is 12.5. The normalized spacial score (nSPS) is 17.4. The summed E-state index contributed by atoms with van der Waals surface area (Å²) in [4.78, 5) is 28.1. The summed E-state index contributed by atoms with van der Waals surface area (Å²) in [5.74, 6) is -0.624. The number of nitrogens with zero attached hydrogens (tertiary/aromatic N) is 1. The van der Waals surface area contributed by atoms with Crippen molar-refractivity contribution in [1.82, 2.24) is 0 Å². The number of ketones is 1. The van der Waals surface area contributed by atoms with Crippen molar-refractivity contribution in [2.75, 3.05) is 12.0 Å². The summed E-state index contributed by atoms with van der Waals surface area (Å²) in [6, 6.07) is 16.9. The van der Waals surface area contributed by atoms with E-state index in [1.54, 1.807) is 60.7 Å². The van der Waals surface area contributed by atoms with Crippen LogP contribution in [0.4, 0.5) is 5.69 Å². The lowest BCUT2D eigenvalue weighted by Crippen LogP contribution is -2.41. The van der Waals surface area contributed by atoms with Gasteiger partial charge in [0.05, 0.1) is 31.3 Å². The molecular weight excluding hydrogens is 517 g/mol. The number of methoxy groups -OCH3 is 1. The van der Waals surface area contributed by atoms with Crippen molar-refractivity contribution in [3.05, 3.63) is 91.9 Å². The quantitative estimate of drug-likeness (QED) is 0.407. The molecule has 1 heterocycles. The number of carbonyl (C=O) groups is 2. The Bertz CT molecular complexity index is 1230. The van der Waals surface area contributed by atoms with E-state index in [2.05, 4.69) is 15.9 Å². The molecule has 0 radical (unpaired) electrons. The lowest BCUT2D eigenvalue weighted by Gasteiger charge is -2.23. The molecule has 1 atom stereocenters. The maximum atomic E-state index is 13.5. The first-order chi connectivity index (χ1) is 15.2. The average Bonchev–Trinajstić information content (AvgIpc) is 2.96. The van der Waals surface area contributed by atoms with Crippen molar-refractivity contribution in [2.45, 2.75) is 18.6 Å². The van der Waals surface area contributed by atoms with Crippen molar-refractivity contribution in [3.63, 3.8) is 0 Å². The minimum Gasteiger partial charge on any atom is -0.496 e. The number of benzene rings is 3. The second kappa shape index (κ2) is 8.87. The van der Waals surface area contributed by atoms with Crippen LogP contribution in [0.1, 0.15) is 27.9 Å². The van der Waals surface area contributed by atoms with Gasteiger partial charge in [-0.3, -0.25) is 9.59 Å². The summed E-state index contributed by atoms with van der Waals surface area (Å²) >= 11 is 15.7. The highest BCUT2D eigenvalue weighted by Gasteiger charge is 2.51. The van der Waals surface area contributed by atoms with E-state index in [0.717, 1.165) is 0 Å². The van der Waals surface area contributed by atoms with Crippen LogP contribution in [0, 0.1) is 0 Å². The first-order valence-electron chi connectivity index (χ1n) is 9.69. The number of ether oxygens (including phenoxy) is 1. The lowest BCUT2D eigenvalue weighted by molar-refractivity contribution is -0.136. The molecule has 0 saturated carbocycles. The van der Waals surface area contributed by atoms with Gasteiger partial charge in [0.15, 0.2) is 11.4 Å². The fourth-order valence-electron chi connectivity index (χ4n) is 3.87. The highest BCUT2D eigenvalue weighted by Crippen LogP contribution is 2.45. The third kappa shape index (κ3) is 4.04. The fourth-order valence-corrected chi connectivity index (χ4v) is 4.70. The zero-order valence-electron chi connectivity index (χ0n) is 16.9. The van der Waals surface area contributed by atoms with Gasteiger partial charge in [0.1, 0.15) is 5.75 Å². The zero-order valence-corrected chi connectivity index (χ0v) is 20.0. The van der Waals surface area contributed by atoms with Crippen molar-refractivity contribution in [3.8, 4) is 5.75 Å². The molecule has 1 aliphatic rings. The number of hydrogen-bond donors (Lipinski definition) is 1. The smallest absolute Gasteiger partial charge is 0.264 e. The lowest BCUT2D eigenvalue weighted by atomic mass is 9.88. The molecule has 1 unspecified atom stereocenters. The summed E-state index contributed by atoms with van der Waals surface area (Å²) in [6.45, 7) is 0.120. The van der Waals surface area contributed by atoms with Crippen LogP contribution in [-0.2, 0) is 16.9 Å². The number of Topliss-reactive ketones (excluding diaryl/α,β-unsaturated/α-hetero) is 1. The number of aliphatic hydroxyl groups is 1.